The van der Waals surface area contributed by atoms with E-state index in [1.165, 1.54) is 6.33 Å². The normalized spacial score (nSPS) is 14.1. The van der Waals surface area contributed by atoms with Gasteiger partial charge in [0.15, 0.2) is 18.8 Å². The predicted molar refractivity (Wildman–Crippen MR) is 145 cm³/mol. The van der Waals surface area contributed by atoms with Crippen molar-refractivity contribution in [2.45, 2.75) is 59.7 Å². The highest BCUT2D eigenvalue weighted by Gasteiger charge is 2.33. The Morgan fingerprint density at radius 3 is 2.68 bits per heavy atom. The summed E-state index contributed by atoms with van der Waals surface area (Å²) in [7, 11) is -3.08. The molecule has 0 aliphatic heterocycles. The summed E-state index contributed by atoms with van der Waals surface area (Å²) in [6, 6.07) is 9.18. The lowest BCUT2D eigenvalue weighted by molar-refractivity contribution is -0.154. The second-order valence-corrected chi connectivity index (χ2v) is 12.8. The summed E-state index contributed by atoms with van der Waals surface area (Å²) < 4.78 is 27.3. The fourth-order valence-electron chi connectivity index (χ4n) is 3.68. The second kappa shape index (κ2) is 13.0. The summed E-state index contributed by atoms with van der Waals surface area (Å²) in [5.74, 6) is -0.000527. The Hall–Kier alpha value is -3.32. The van der Waals surface area contributed by atoms with Crippen molar-refractivity contribution in [3.8, 4) is 6.07 Å². The Morgan fingerprint density at radius 1 is 1.26 bits per heavy atom. The molecule has 3 aromatic rings. The number of nitrogens with zero attached hydrogens (tertiary/aromatic N) is 5. The summed E-state index contributed by atoms with van der Waals surface area (Å²) in [4.78, 5) is 25.0. The van der Waals surface area contributed by atoms with Crippen LogP contribution in [0.2, 0.25) is 0 Å². The number of fused-ring (bicyclic) bond motifs is 1. The van der Waals surface area contributed by atoms with E-state index in [1.54, 1.807) is 32.3 Å². The highest BCUT2D eigenvalue weighted by molar-refractivity contribution is 7.61. The van der Waals surface area contributed by atoms with Crippen LogP contribution in [0.3, 0.4) is 0 Å². The van der Waals surface area contributed by atoms with Gasteiger partial charge in [0.1, 0.15) is 18.2 Å². The van der Waals surface area contributed by atoms with Crippen LogP contribution in [0.5, 0.6) is 0 Å². The zero-order valence-electron chi connectivity index (χ0n) is 22.4. The van der Waals surface area contributed by atoms with E-state index in [4.69, 9.17) is 20.5 Å². The van der Waals surface area contributed by atoms with Crippen molar-refractivity contribution in [1.82, 2.24) is 24.6 Å². The third-order valence-electron chi connectivity index (χ3n) is 6.19. The number of nitrogens with one attached hydrogen (secondary N) is 1. The Morgan fingerprint density at radius 2 is 2.00 bits per heavy atom. The van der Waals surface area contributed by atoms with E-state index in [0.717, 1.165) is 12.0 Å². The van der Waals surface area contributed by atoms with Crippen LogP contribution in [-0.2, 0) is 31.9 Å². The van der Waals surface area contributed by atoms with Gasteiger partial charge in [0.25, 0.3) is 0 Å². The van der Waals surface area contributed by atoms with Gasteiger partial charge in [0, 0.05) is 12.7 Å². The smallest absolute Gasteiger partial charge is 0.311 e. The number of anilines is 1. The molecule has 2 aromatic heterocycles. The molecule has 0 spiro atoms. The van der Waals surface area contributed by atoms with Crippen LogP contribution in [0.15, 0.2) is 36.9 Å². The minimum atomic E-state index is -3.08. The van der Waals surface area contributed by atoms with Crippen LogP contribution in [0.4, 0.5) is 5.82 Å². The molecule has 0 radical (unpaired) electrons. The van der Waals surface area contributed by atoms with Gasteiger partial charge in [0.05, 0.1) is 42.6 Å². The van der Waals surface area contributed by atoms with E-state index in [9.17, 15) is 9.36 Å². The summed E-state index contributed by atoms with van der Waals surface area (Å²) in [5.41, 5.74) is 7.65. The number of rotatable bonds is 14. The van der Waals surface area contributed by atoms with Crippen molar-refractivity contribution in [3.63, 3.8) is 0 Å². The summed E-state index contributed by atoms with van der Waals surface area (Å²) in [6.07, 6.45) is 4.04. The molecule has 1 unspecified atom stereocenters. The van der Waals surface area contributed by atoms with Gasteiger partial charge in [-0.2, -0.15) is 5.26 Å². The maximum absolute atomic E-state index is 14.1. The average molecular weight is 542 g/mol. The lowest BCUT2D eigenvalue weighted by Crippen LogP contribution is -2.30. The lowest BCUT2D eigenvalue weighted by Gasteiger charge is -2.27. The summed E-state index contributed by atoms with van der Waals surface area (Å²) >= 11 is 0. The fraction of sp³-hybridized carbons (Fsp3) is 0.500. The third-order valence-corrected chi connectivity index (χ3v) is 8.44. The van der Waals surface area contributed by atoms with Crippen LogP contribution in [0.1, 0.15) is 51.7 Å². The molecule has 204 valence electrons. The molecule has 3 N–H and O–H groups in total. The molecule has 3 rings (SSSR count). The molecule has 0 amide bonds. The standard InChI is InChI=1S/C26H36N7O4P/c1-5-11-36-25(34)26(3,4)10-12-38(35,32-14-21-8-6-20(13-27)7-9-21)18-37-19(2)15-33-17-31-22-23(28)29-16-30-24(22)33/h6-9,16-17,19H,5,10-12,14-15,18H2,1-4H3,(H,32,35)(H2,28,29,30)/t19-,38?/m1/s1. The van der Waals surface area contributed by atoms with Gasteiger partial charge in [-0.25, -0.2) is 15.0 Å². The first-order chi connectivity index (χ1) is 18.1. The molecule has 2 atom stereocenters. The van der Waals surface area contributed by atoms with Gasteiger partial charge in [0.2, 0.25) is 0 Å². The molecule has 0 aliphatic carbocycles. The number of esters is 1. The molecular formula is C26H36N7O4P. The van der Waals surface area contributed by atoms with E-state index < -0.39 is 12.7 Å². The number of carbonyl (C=O) groups is 1. The van der Waals surface area contributed by atoms with Gasteiger partial charge in [-0.05, 0) is 51.3 Å². The van der Waals surface area contributed by atoms with E-state index in [2.05, 4.69) is 26.1 Å². The molecule has 38 heavy (non-hydrogen) atoms. The van der Waals surface area contributed by atoms with Gasteiger partial charge < -0.3 is 24.3 Å². The third kappa shape index (κ3) is 7.84. The van der Waals surface area contributed by atoms with E-state index >= 15 is 0 Å². The van der Waals surface area contributed by atoms with Crippen molar-refractivity contribution in [2.75, 3.05) is 24.9 Å². The molecule has 0 aliphatic rings. The number of nitrogens with two attached hydrogens (primary N) is 1. The molecule has 11 nitrogen and oxygen atoms in total. The van der Waals surface area contributed by atoms with Crippen molar-refractivity contribution in [3.05, 3.63) is 48.0 Å². The van der Waals surface area contributed by atoms with Crippen molar-refractivity contribution < 1.29 is 18.8 Å². The maximum atomic E-state index is 14.1. The van der Waals surface area contributed by atoms with Crippen LogP contribution in [-0.4, -0.2) is 50.7 Å². The predicted octanol–water partition coefficient (Wildman–Crippen LogP) is 4.08. The number of ether oxygens (including phenoxy) is 2. The average Bonchev–Trinajstić information content (AvgIpc) is 3.32. The molecule has 12 heteroatoms. The Bertz CT molecular complexity index is 1320. The van der Waals surface area contributed by atoms with Gasteiger partial charge in [-0.15, -0.1) is 0 Å². The monoisotopic (exact) mass is 541 g/mol. The van der Waals surface area contributed by atoms with Gasteiger partial charge in [-0.1, -0.05) is 19.1 Å². The van der Waals surface area contributed by atoms with Gasteiger partial charge >= 0.3 is 5.97 Å². The highest BCUT2D eigenvalue weighted by atomic mass is 31.2. The molecule has 0 saturated heterocycles. The maximum Gasteiger partial charge on any atom is 0.311 e. The zero-order chi connectivity index (χ0) is 27.8. The zero-order valence-corrected chi connectivity index (χ0v) is 23.3. The topological polar surface area (TPSA) is 158 Å². The largest absolute Gasteiger partial charge is 0.465 e. The van der Waals surface area contributed by atoms with Crippen LogP contribution in [0.25, 0.3) is 11.2 Å². The number of nitriles is 1. The molecular weight excluding hydrogens is 505 g/mol. The van der Waals surface area contributed by atoms with Crippen LogP contribution >= 0.6 is 7.29 Å². The molecule has 0 bridgehead atoms. The number of nitrogen functional groups attached to an aromatic ring is 1. The lowest BCUT2D eigenvalue weighted by atomic mass is 9.90. The number of benzene rings is 1. The number of hydrogen-bond donors (Lipinski definition) is 2. The first-order valence-electron chi connectivity index (χ1n) is 12.6. The highest BCUT2D eigenvalue weighted by Crippen LogP contribution is 2.45. The number of imidazole rings is 1. The first-order valence-corrected chi connectivity index (χ1v) is 14.7. The second-order valence-electron chi connectivity index (χ2n) is 9.96. The number of aromatic nitrogens is 4. The number of hydrogen-bond acceptors (Lipinski definition) is 9. The van der Waals surface area contributed by atoms with Crippen LogP contribution in [0, 0.1) is 16.7 Å². The Labute approximate surface area is 223 Å². The van der Waals surface area contributed by atoms with Crippen molar-refractivity contribution in [2.24, 2.45) is 5.41 Å². The molecule has 2 heterocycles. The summed E-state index contributed by atoms with van der Waals surface area (Å²) in [6.45, 7) is 8.55. The van der Waals surface area contributed by atoms with Crippen molar-refractivity contribution in [1.29, 1.82) is 5.26 Å². The van der Waals surface area contributed by atoms with Gasteiger partial charge in [-0.3, -0.25) is 9.88 Å². The van der Waals surface area contributed by atoms with E-state index in [-0.39, 0.29) is 24.6 Å². The molecule has 0 fully saturated rings. The summed E-state index contributed by atoms with van der Waals surface area (Å²) in [5, 5.41) is 12.2. The van der Waals surface area contributed by atoms with E-state index in [0.29, 0.717) is 48.7 Å². The molecule has 0 saturated carbocycles. The Kier molecular flexibility index (Phi) is 9.97. The van der Waals surface area contributed by atoms with Crippen LogP contribution < -0.4 is 10.8 Å². The number of carbonyl (C=O) groups excluding carboxylic acids is 1. The SMILES string of the molecule is CCCOC(=O)C(C)(C)CCP(=O)(CO[C@H](C)Cn1cnc2c(N)ncnc21)NCc1ccc(C#N)cc1. The first kappa shape index (κ1) is 29.2. The minimum absolute atomic E-state index is 0.0196. The minimum Gasteiger partial charge on any atom is -0.465 e. The fourth-order valence-corrected chi connectivity index (χ4v) is 5.95. The molecule has 1 aromatic carbocycles. The Balaban J connectivity index is 1.68. The van der Waals surface area contributed by atoms with E-state index in [1.807, 2.05) is 30.5 Å². The van der Waals surface area contributed by atoms with Crippen molar-refractivity contribution >= 4 is 30.2 Å². The quantitative estimate of drug-likeness (QED) is 0.225.